The first kappa shape index (κ1) is 16.7. The molecule has 1 aromatic rings. The van der Waals surface area contributed by atoms with Crippen LogP contribution in [-0.2, 0) is 11.8 Å². The van der Waals surface area contributed by atoms with Gasteiger partial charge in [-0.3, -0.25) is 0 Å². The Labute approximate surface area is 138 Å². The van der Waals surface area contributed by atoms with E-state index in [1.165, 1.54) is 12.8 Å². The second-order valence-electron chi connectivity index (χ2n) is 7.29. The lowest BCUT2D eigenvalue weighted by molar-refractivity contribution is 0.244. The number of aryl methyl sites for hydroxylation is 1. The molecule has 1 nitrogen and oxygen atoms in total. The fourth-order valence-corrected chi connectivity index (χ4v) is 4.42. The van der Waals surface area contributed by atoms with E-state index in [9.17, 15) is 8.78 Å². The molecule has 0 radical (unpaired) electrons. The number of benzene rings is 1. The Bertz CT molecular complexity index is 547. The lowest BCUT2D eigenvalue weighted by atomic mass is 9.66. The molecule has 1 fully saturated rings. The van der Waals surface area contributed by atoms with Crippen LogP contribution in [0.25, 0.3) is 0 Å². The van der Waals surface area contributed by atoms with Gasteiger partial charge in [0.05, 0.1) is 6.61 Å². The molecule has 0 N–H and O–H groups in total. The number of halogens is 2. The van der Waals surface area contributed by atoms with E-state index < -0.39 is 11.6 Å². The molecule has 0 unspecified atom stereocenters. The highest BCUT2D eigenvalue weighted by Crippen LogP contribution is 2.46. The van der Waals surface area contributed by atoms with Crippen LogP contribution in [0.2, 0.25) is 0 Å². The summed E-state index contributed by atoms with van der Waals surface area (Å²) in [5, 5.41) is 0. The standard InChI is InChI=1S/C20H28F2O/c1-2-3-5-10-20(11-6-4-7-12-20)16-14-15-9-8-13-23-19(15)18(22)17(16)21/h14H,2-13H2,1H3. The second-order valence-corrected chi connectivity index (χ2v) is 7.29. The Hall–Kier alpha value is -1.12. The van der Waals surface area contributed by atoms with Crippen molar-refractivity contribution in [2.45, 2.75) is 83.0 Å². The third kappa shape index (κ3) is 3.25. The summed E-state index contributed by atoms with van der Waals surface area (Å²) in [6.07, 6.45) is 11.5. The SMILES string of the molecule is CCCCCC1(c2cc3c(c(F)c2F)OCCC3)CCCCC1. The summed E-state index contributed by atoms with van der Waals surface area (Å²) in [5.74, 6) is -1.24. The van der Waals surface area contributed by atoms with Gasteiger partial charge in [-0.25, -0.2) is 4.39 Å². The maximum absolute atomic E-state index is 14.9. The van der Waals surface area contributed by atoms with Gasteiger partial charge in [0.1, 0.15) is 0 Å². The zero-order valence-electron chi connectivity index (χ0n) is 14.2. The van der Waals surface area contributed by atoms with Gasteiger partial charge in [-0.05, 0) is 54.7 Å². The minimum atomic E-state index is -0.752. The Morgan fingerprint density at radius 2 is 1.83 bits per heavy atom. The van der Waals surface area contributed by atoms with Crippen molar-refractivity contribution in [2.75, 3.05) is 6.61 Å². The van der Waals surface area contributed by atoms with E-state index >= 15 is 0 Å². The van der Waals surface area contributed by atoms with E-state index in [4.69, 9.17) is 4.74 Å². The molecule has 1 saturated carbocycles. The van der Waals surface area contributed by atoms with Crippen LogP contribution in [0.15, 0.2) is 6.07 Å². The van der Waals surface area contributed by atoms with Gasteiger partial charge in [0.2, 0.25) is 5.82 Å². The minimum Gasteiger partial charge on any atom is -0.490 e. The number of hydrogen-bond donors (Lipinski definition) is 0. The average Bonchev–Trinajstić information content (AvgIpc) is 2.59. The molecule has 23 heavy (non-hydrogen) atoms. The quantitative estimate of drug-likeness (QED) is 0.598. The van der Waals surface area contributed by atoms with Crippen molar-refractivity contribution in [2.24, 2.45) is 0 Å². The number of fused-ring (bicyclic) bond motifs is 1. The lowest BCUT2D eigenvalue weighted by Crippen LogP contribution is -2.31. The Kier molecular flexibility index (Phi) is 5.23. The molecule has 1 aliphatic carbocycles. The van der Waals surface area contributed by atoms with Crippen LogP contribution in [0.3, 0.4) is 0 Å². The van der Waals surface area contributed by atoms with Crippen LogP contribution >= 0.6 is 0 Å². The second kappa shape index (κ2) is 7.19. The molecule has 0 saturated heterocycles. The van der Waals surface area contributed by atoms with Gasteiger partial charge in [-0.2, -0.15) is 4.39 Å². The van der Waals surface area contributed by atoms with Crippen molar-refractivity contribution >= 4 is 0 Å². The van der Waals surface area contributed by atoms with E-state index in [1.54, 1.807) is 0 Å². The predicted molar refractivity (Wildman–Crippen MR) is 89.1 cm³/mol. The first-order chi connectivity index (χ1) is 11.2. The van der Waals surface area contributed by atoms with Crippen molar-refractivity contribution in [3.05, 3.63) is 28.8 Å². The molecular formula is C20H28F2O. The zero-order valence-corrected chi connectivity index (χ0v) is 14.2. The summed E-state index contributed by atoms with van der Waals surface area (Å²) in [6.45, 7) is 2.67. The van der Waals surface area contributed by atoms with E-state index in [2.05, 4.69) is 6.92 Å². The van der Waals surface area contributed by atoms with Gasteiger partial charge in [0.15, 0.2) is 11.6 Å². The third-order valence-electron chi connectivity index (χ3n) is 5.72. The van der Waals surface area contributed by atoms with Crippen LogP contribution in [0.1, 0.15) is 82.3 Å². The fourth-order valence-electron chi connectivity index (χ4n) is 4.42. The maximum Gasteiger partial charge on any atom is 0.201 e. The highest BCUT2D eigenvalue weighted by molar-refractivity contribution is 5.44. The molecule has 1 heterocycles. The average molecular weight is 322 g/mol. The van der Waals surface area contributed by atoms with Crippen LogP contribution in [0, 0.1) is 11.6 Å². The van der Waals surface area contributed by atoms with Gasteiger partial charge in [-0.1, -0.05) is 45.4 Å². The van der Waals surface area contributed by atoms with E-state index in [1.807, 2.05) is 6.07 Å². The largest absolute Gasteiger partial charge is 0.490 e. The maximum atomic E-state index is 14.9. The first-order valence-corrected chi connectivity index (χ1v) is 9.32. The summed E-state index contributed by atoms with van der Waals surface area (Å²) in [4.78, 5) is 0. The van der Waals surface area contributed by atoms with Crippen molar-refractivity contribution in [3.63, 3.8) is 0 Å². The molecule has 1 aliphatic heterocycles. The number of rotatable bonds is 5. The highest BCUT2D eigenvalue weighted by Gasteiger charge is 2.38. The summed E-state index contributed by atoms with van der Waals surface area (Å²) >= 11 is 0. The van der Waals surface area contributed by atoms with Crippen molar-refractivity contribution in [1.29, 1.82) is 0 Å². The van der Waals surface area contributed by atoms with Crippen LogP contribution < -0.4 is 4.74 Å². The molecule has 0 aromatic heterocycles. The molecule has 128 valence electrons. The molecule has 3 heteroatoms. The highest BCUT2D eigenvalue weighted by atomic mass is 19.2. The minimum absolute atomic E-state index is 0.162. The topological polar surface area (TPSA) is 9.23 Å². The molecular weight excluding hydrogens is 294 g/mol. The zero-order chi connectivity index (χ0) is 16.3. The first-order valence-electron chi connectivity index (χ1n) is 9.32. The summed E-state index contributed by atoms with van der Waals surface area (Å²) in [6, 6.07) is 1.93. The van der Waals surface area contributed by atoms with Gasteiger partial charge in [0, 0.05) is 0 Å². The molecule has 0 amide bonds. The van der Waals surface area contributed by atoms with Crippen LogP contribution in [0.5, 0.6) is 5.75 Å². The number of hydrogen-bond acceptors (Lipinski definition) is 1. The van der Waals surface area contributed by atoms with Crippen molar-refractivity contribution < 1.29 is 13.5 Å². The normalized spacial score (nSPS) is 20.0. The van der Waals surface area contributed by atoms with Gasteiger partial charge in [0.25, 0.3) is 0 Å². The van der Waals surface area contributed by atoms with Crippen LogP contribution in [0.4, 0.5) is 8.78 Å². The lowest BCUT2D eigenvalue weighted by Gasteiger charge is -2.39. The molecule has 3 rings (SSSR count). The summed E-state index contributed by atoms with van der Waals surface area (Å²) < 4.78 is 34.8. The monoisotopic (exact) mass is 322 g/mol. The fraction of sp³-hybridized carbons (Fsp3) is 0.700. The Morgan fingerprint density at radius 3 is 2.57 bits per heavy atom. The van der Waals surface area contributed by atoms with E-state index in [-0.39, 0.29) is 11.2 Å². The Balaban J connectivity index is 1.99. The number of ether oxygens (including phenoxy) is 1. The predicted octanol–water partition coefficient (Wildman–Crippen LogP) is 6.07. The Morgan fingerprint density at radius 1 is 1.04 bits per heavy atom. The van der Waals surface area contributed by atoms with Crippen LogP contribution in [-0.4, -0.2) is 6.61 Å². The smallest absolute Gasteiger partial charge is 0.201 e. The molecule has 1 aromatic carbocycles. The van der Waals surface area contributed by atoms with Gasteiger partial charge in [-0.15, -0.1) is 0 Å². The van der Waals surface area contributed by atoms with Gasteiger partial charge >= 0.3 is 0 Å². The summed E-state index contributed by atoms with van der Waals surface area (Å²) in [5.41, 5.74) is 1.34. The van der Waals surface area contributed by atoms with Gasteiger partial charge < -0.3 is 4.74 Å². The molecule has 2 aliphatic rings. The molecule has 0 bridgehead atoms. The molecule has 0 atom stereocenters. The van der Waals surface area contributed by atoms with Crippen molar-refractivity contribution in [3.8, 4) is 5.75 Å². The van der Waals surface area contributed by atoms with Crippen molar-refractivity contribution in [1.82, 2.24) is 0 Å². The van der Waals surface area contributed by atoms with E-state index in [0.29, 0.717) is 12.2 Å². The third-order valence-corrected chi connectivity index (χ3v) is 5.72. The summed E-state index contributed by atoms with van der Waals surface area (Å²) in [7, 11) is 0. The number of unbranched alkanes of at least 4 members (excludes halogenated alkanes) is 2. The van der Waals surface area contributed by atoms with E-state index in [0.717, 1.165) is 63.4 Å². The molecule has 0 spiro atoms.